The first kappa shape index (κ1) is 5.54. The molecule has 0 aliphatic rings. The molecule has 0 aliphatic heterocycles. The maximum absolute atomic E-state index is 10.3. The minimum Gasteiger partial charge on any atom is -0.500 e. The third-order valence-electron chi connectivity index (χ3n) is 0.825. The second kappa shape index (κ2) is 1.73. The van der Waals surface area contributed by atoms with Gasteiger partial charge in [0, 0.05) is 0 Å². The highest BCUT2D eigenvalue weighted by molar-refractivity contribution is 5.40. The van der Waals surface area contributed by atoms with Crippen LogP contribution in [0, 0.1) is 4.91 Å². The van der Waals surface area contributed by atoms with Crippen molar-refractivity contribution < 1.29 is 5.11 Å². The van der Waals surface area contributed by atoms with Crippen molar-refractivity contribution in [3.05, 3.63) is 15.3 Å². The molecule has 0 bridgehead atoms. The Morgan fingerprint density at radius 2 is 2.11 bits per heavy atom. The molecule has 0 saturated heterocycles. The van der Waals surface area contributed by atoms with Gasteiger partial charge in [-0.1, -0.05) is 0 Å². The van der Waals surface area contributed by atoms with Crippen LogP contribution in [0.25, 0.3) is 0 Å². The summed E-state index contributed by atoms with van der Waals surface area (Å²) in [5.74, 6) is -1.05. The Kier molecular flexibility index (Phi) is 1.07. The zero-order valence-electron chi connectivity index (χ0n) is 4.21. The number of aromatic hydroxyl groups is 1. The summed E-state index contributed by atoms with van der Waals surface area (Å²) < 4.78 is 0. The smallest absolute Gasteiger partial charge is 0.308 e. The largest absolute Gasteiger partial charge is 0.500 e. The number of aromatic nitrogens is 2. The van der Waals surface area contributed by atoms with Crippen LogP contribution < -0.4 is 5.56 Å². The van der Waals surface area contributed by atoms with Crippen LogP contribution in [0.5, 0.6) is 5.75 Å². The van der Waals surface area contributed by atoms with Gasteiger partial charge in [0.25, 0.3) is 0 Å². The van der Waals surface area contributed by atoms with Crippen molar-refractivity contribution in [1.82, 2.24) is 10.2 Å². The number of hydrogen-bond acceptors (Lipinski definition) is 4. The maximum atomic E-state index is 10.3. The minimum atomic E-state index is -0.746. The topological polar surface area (TPSA) is 98.3 Å². The molecular weight excluding hydrogens is 126 g/mol. The Morgan fingerprint density at radius 1 is 1.44 bits per heavy atom. The zero-order valence-corrected chi connectivity index (χ0v) is 4.21. The van der Waals surface area contributed by atoms with E-state index < -0.39 is 11.3 Å². The van der Waals surface area contributed by atoms with Crippen molar-refractivity contribution in [1.29, 1.82) is 0 Å². The average molecular weight is 129 g/mol. The Morgan fingerprint density at radius 3 is 2.33 bits per heavy atom. The van der Waals surface area contributed by atoms with E-state index in [2.05, 4.69) is 10.3 Å². The molecule has 0 unspecified atom stereocenters. The van der Waals surface area contributed by atoms with Gasteiger partial charge in [0.15, 0.2) is 0 Å². The van der Waals surface area contributed by atoms with Gasteiger partial charge in [0.1, 0.15) is 0 Å². The second-order valence-corrected chi connectivity index (χ2v) is 1.37. The molecule has 1 aromatic rings. The van der Waals surface area contributed by atoms with Crippen molar-refractivity contribution in [3.63, 3.8) is 0 Å². The highest BCUT2D eigenvalue weighted by atomic mass is 16.3. The second-order valence-electron chi connectivity index (χ2n) is 1.37. The minimum absolute atomic E-state index is 0.375. The zero-order chi connectivity index (χ0) is 6.85. The van der Waals surface area contributed by atoms with Gasteiger partial charge in [0.05, 0.1) is 0 Å². The number of H-pyrrole nitrogens is 2. The summed E-state index contributed by atoms with van der Waals surface area (Å²) >= 11 is 0. The first-order valence-corrected chi connectivity index (χ1v) is 2.08. The molecule has 48 valence electrons. The van der Waals surface area contributed by atoms with Gasteiger partial charge in [-0.3, -0.25) is 15.0 Å². The van der Waals surface area contributed by atoms with E-state index in [-0.39, 0.29) is 5.82 Å². The van der Waals surface area contributed by atoms with Crippen molar-refractivity contribution in [3.8, 4) is 5.75 Å². The standard InChI is InChI=1S/C3H3N3O3/c7-1-2(6-9)4-5-3(1)8/h7H,(H2,4,5,8). The Labute approximate surface area is 48.5 Å². The van der Waals surface area contributed by atoms with Crippen LogP contribution in [0.2, 0.25) is 0 Å². The van der Waals surface area contributed by atoms with Crippen molar-refractivity contribution in [2.45, 2.75) is 0 Å². The molecule has 0 aliphatic carbocycles. The number of nitrogens with zero attached hydrogens (tertiary/aromatic N) is 1. The lowest BCUT2D eigenvalue weighted by Gasteiger charge is -1.75. The van der Waals surface area contributed by atoms with Crippen molar-refractivity contribution >= 4 is 5.82 Å². The summed E-state index contributed by atoms with van der Waals surface area (Å²) in [7, 11) is 0. The van der Waals surface area contributed by atoms with Gasteiger partial charge < -0.3 is 5.11 Å². The van der Waals surface area contributed by atoms with Gasteiger partial charge in [-0.15, -0.1) is 4.91 Å². The molecule has 6 heteroatoms. The molecule has 0 radical (unpaired) electrons. The van der Waals surface area contributed by atoms with E-state index in [0.717, 1.165) is 0 Å². The van der Waals surface area contributed by atoms with E-state index in [9.17, 15) is 9.70 Å². The van der Waals surface area contributed by atoms with E-state index in [1.54, 1.807) is 0 Å². The number of aromatic amines is 2. The van der Waals surface area contributed by atoms with Crippen molar-refractivity contribution in [2.75, 3.05) is 0 Å². The predicted octanol–water partition coefficient (Wildman–Crippen LogP) is -0.194. The van der Waals surface area contributed by atoms with E-state index in [4.69, 9.17) is 5.11 Å². The van der Waals surface area contributed by atoms with Gasteiger partial charge in [-0.05, 0) is 5.18 Å². The third kappa shape index (κ3) is 0.693. The number of rotatable bonds is 1. The predicted molar refractivity (Wildman–Crippen MR) is 28.5 cm³/mol. The molecule has 1 heterocycles. The first-order chi connectivity index (χ1) is 4.25. The van der Waals surface area contributed by atoms with Gasteiger partial charge in [-0.2, -0.15) is 0 Å². The van der Waals surface area contributed by atoms with Crippen LogP contribution in [0.1, 0.15) is 0 Å². The lowest BCUT2D eigenvalue weighted by atomic mass is 10.6. The SMILES string of the molecule is O=Nc1[nH][nH]c(=O)c1O. The van der Waals surface area contributed by atoms with Crippen LogP contribution in [-0.2, 0) is 0 Å². The van der Waals surface area contributed by atoms with Gasteiger partial charge in [0.2, 0.25) is 11.6 Å². The molecular formula is C3H3N3O3. The summed E-state index contributed by atoms with van der Waals surface area (Å²) in [5, 5.41) is 14.9. The Balaban J connectivity index is 3.35. The molecule has 0 fully saturated rings. The fraction of sp³-hybridized carbons (Fsp3) is 0. The van der Waals surface area contributed by atoms with Crippen LogP contribution in [-0.4, -0.2) is 15.3 Å². The molecule has 9 heavy (non-hydrogen) atoms. The fourth-order valence-corrected chi connectivity index (χ4v) is 0.408. The Bertz CT molecular complexity index is 272. The summed E-state index contributed by atoms with van der Waals surface area (Å²) in [5.41, 5.74) is -0.746. The van der Waals surface area contributed by atoms with Crippen molar-refractivity contribution in [2.24, 2.45) is 5.18 Å². The van der Waals surface area contributed by atoms with E-state index in [1.807, 2.05) is 5.10 Å². The van der Waals surface area contributed by atoms with Gasteiger partial charge >= 0.3 is 5.56 Å². The normalized spacial score (nSPS) is 9.33. The molecule has 1 rings (SSSR count). The number of nitroso groups, excluding NO2 is 1. The van der Waals surface area contributed by atoms with Crippen LogP contribution in [0.15, 0.2) is 9.97 Å². The number of nitrogens with one attached hydrogen (secondary N) is 2. The monoisotopic (exact) mass is 129 g/mol. The van der Waals surface area contributed by atoms with E-state index >= 15 is 0 Å². The number of hydrogen-bond donors (Lipinski definition) is 3. The third-order valence-corrected chi connectivity index (χ3v) is 0.825. The summed E-state index contributed by atoms with van der Waals surface area (Å²) in [6.45, 7) is 0. The average Bonchev–Trinajstić information content (AvgIpc) is 2.15. The molecule has 0 saturated carbocycles. The molecule has 0 spiro atoms. The highest BCUT2D eigenvalue weighted by Crippen LogP contribution is 2.15. The highest BCUT2D eigenvalue weighted by Gasteiger charge is 2.05. The molecule has 0 atom stereocenters. The summed E-state index contributed by atoms with van der Waals surface area (Å²) in [6, 6.07) is 0. The van der Waals surface area contributed by atoms with E-state index in [0.29, 0.717) is 0 Å². The molecule has 1 aromatic heterocycles. The van der Waals surface area contributed by atoms with Crippen LogP contribution >= 0.6 is 0 Å². The molecule has 3 N–H and O–H groups in total. The molecule has 6 nitrogen and oxygen atoms in total. The molecule has 0 aromatic carbocycles. The lowest BCUT2D eigenvalue weighted by Crippen LogP contribution is -1.95. The first-order valence-electron chi connectivity index (χ1n) is 2.08. The van der Waals surface area contributed by atoms with Crippen LogP contribution in [0.4, 0.5) is 5.82 Å². The summed E-state index contributed by atoms with van der Waals surface area (Å²) in [4.78, 5) is 19.9. The Hall–Kier alpha value is -1.59. The maximum Gasteiger partial charge on any atom is 0.308 e. The van der Waals surface area contributed by atoms with Crippen LogP contribution in [0.3, 0.4) is 0 Å². The fourth-order valence-electron chi connectivity index (χ4n) is 0.408. The quantitative estimate of drug-likeness (QED) is 0.458. The summed E-state index contributed by atoms with van der Waals surface area (Å²) in [6.07, 6.45) is 0. The molecule has 0 amide bonds. The van der Waals surface area contributed by atoms with Gasteiger partial charge in [-0.25, -0.2) is 0 Å². The lowest BCUT2D eigenvalue weighted by molar-refractivity contribution is 0.472. The van der Waals surface area contributed by atoms with E-state index in [1.165, 1.54) is 0 Å².